The molecule has 0 fully saturated rings. The predicted octanol–water partition coefficient (Wildman–Crippen LogP) is 5.26. The molecular weight excluding hydrogens is 388 g/mol. The van der Waals surface area contributed by atoms with Gasteiger partial charge in [0.25, 0.3) is 5.91 Å². The number of ketones is 1. The molecule has 0 aliphatic carbocycles. The van der Waals surface area contributed by atoms with Gasteiger partial charge >= 0.3 is 0 Å². The number of rotatable bonds is 9. The molecule has 1 N–H and O–H groups in total. The van der Waals surface area contributed by atoms with E-state index in [1.54, 1.807) is 42.6 Å². The van der Waals surface area contributed by atoms with E-state index in [-0.39, 0.29) is 5.78 Å². The number of nitrogens with zero attached hydrogens (tertiary/aromatic N) is 1. The van der Waals surface area contributed by atoms with Crippen LogP contribution in [0.15, 0.2) is 72.9 Å². The number of hydrogen-bond donors (Lipinski definition) is 1. The Morgan fingerprint density at radius 2 is 1.66 bits per heavy atom. The maximum atomic E-state index is 12.9. The Morgan fingerprint density at radius 3 is 2.28 bits per heavy atom. The van der Waals surface area contributed by atoms with Gasteiger partial charge in [-0.2, -0.15) is 0 Å². The lowest BCUT2D eigenvalue weighted by Crippen LogP contribution is -2.41. The summed E-state index contributed by atoms with van der Waals surface area (Å²) in [5, 5.41) is 3.89. The Balaban J connectivity index is 2.00. The van der Waals surface area contributed by atoms with Gasteiger partial charge in [0.15, 0.2) is 0 Å². The molecule has 0 aliphatic heterocycles. The van der Waals surface area contributed by atoms with Gasteiger partial charge in [0.05, 0.1) is 0 Å². The quantitative estimate of drug-likeness (QED) is 0.385. The van der Waals surface area contributed by atoms with Gasteiger partial charge < -0.3 is 14.8 Å². The molecule has 0 spiro atoms. The first-order valence-electron chi connectivity index (χ1n) is 9.46. The standard InChI is InChI=1S/C23H23ClN2O3/c1-3-28-23(29-4-2,26-20-8-6-5-7-9-20)18-14-15-25-21(16-18)22(27)17-10-12-19(24)13-11-17/h5-16,26H,3-4H2,1-2H3. The number of benzene rings is 2. The molecule has 2 aromatic carbocycles. The fourth-order valence-electron chi connectivity index (χ4n) is 2.98. The van der Waals surface area contributed by atoms with Crippen molar-refractivity contribution in [1.29, 1.82) is 0 Å². The van der Waals surface area contributed by atoms with Crippen molar-refractivity contribution in [3.05, 3.63) is 94.8 Å². The zero-order valence-electron chi connectivity index (χ0n) is 16.4. The summed E-state index contributed by atoms with van der Waals surface area (Å²) in [6.07, 6.45) is 1.58. The zero-order valence-corrected chi connectivity index (χ0v) is 17.1. The highest BCUT2D eigenvalue weighted by molar-refractivity contribution is 6.30. The van der Waals surface area contributed by atoms with Crippen molar-refractivity contribution >= 4 is 23.1 Å². The Hall–Kier alpha value is -2.73. The van der Waals surface area contributed by atoms with E-state index in [4.69, 9.17) is 21.1 Å². The molecule has 1 aromatic heterocycles. The minimum absolute atomic E-state index is 0.204. The van der Waals surface area contributed by atoms with Crippen molar-refractivity contribution in [2.75, 3.05) is 18.5 Å². The van der Waals surface area contributed by atoms with Crippen molar-refractivity contribution in [2.45, 2.75) is 19.8 Å². The first kappa shape index (κ1) is 21.0. The molecule has 150 valence electrons. The lowest BCUT2D eigenvalue weighted by atomic mass is 10.0. The predicted molar refractivity (Wildman–Crippen MR) is 114 cm³/mol. The van der Waals surface area contributed by atoms with Crippen LogP contribution in [0.3, 0.4) is 0 Å². The molecule has 0 saturated heterocycles. The molecule has 5 nitrogen and oxygen atoms in total. The van der Waals surface area contributed by atoms with Gasteiger partial charge in [-0.15, -0.1) is 0 Å². The lowest BCUT2D eigenvalue weighted by Gasteiger charge is -2.35. The summed E-state index contributed by atoms with van der Waals surface area (Å²) in [6, 6.07) is 19.8. The fraction of sp³-hybridized carbons (Fsp3) is 0.217. The number of para-hydroxylation sites is 1. The first-order valence-corrected chi connectivity index (χ1v) is 9.83. The maximum Gasteiger partial charge on any atom is 0.277 e. The summed E-state index contributed by atoms with van der Waals surface area (Å²) in [6.45, 7) is 4.59. The molecule has 3 rings (SSSR count). The molecule has 0 bridgehead atoms. The molecule has 0 radical (unpaired) electrons. The largest absolute Gasteiger partial charge is 0.331 e. The highest BCUT2D eigenvalue weighted by Gasteiger charge is 2.35. The molecular formula is C23H23ClN2O3. The van der Waals surface area contributed by atoms with Crippen LogP contribution >= 0.6 is 11.6 Å². The number of anilines is 1. The van der Waals surface area contributed by atoms with Gasteiger partial charge in [-0.3, -0.25) is 9.78 Å². The number of carbonyl (C=O) groups is 1. The Morgan fingerprint density at radius 1 is 1.00 bits per heavy atom. The van der Waals surface area contributed by atoms with Crippen molar-refractivity contribution < 1.29 is 14.3 Å². The van der Waals surface area contributed by atoms with E-state index >= 15 is 0 Å². The van der Waals surface area contributed by atoms with Crippen LogP contribution in [0, 0.1) is 0 Å². The summed E-state index contributed by atoms with van der Waals surface area (Å²) in [5.41, 5.74) is 2.28. The van der Waals surface area contributed by atoms with Crippen LogP contribution in [-0.2, 0) is 15.4 Å². The average Bonchev–Trinajstić information content (AvgIpc) is 2.75. The number of carbonyl (C=O) groups excluding carboxylic acids is 1. The number of halogens is 1. The Labute approximate surface area is 175 Å². The molecule has 0 amide bonds. The van der Waals surface area contributed by atoms with Crippen LogP contribution in [0.5, 0.6) is 0 Å². The first-order chi connectivity index (χ1) is 14.1. The second-order valence-electron chi connectivity index (χ2n) is 6.24. The maximum absolute atomic E-state index is 12.9. The molecule has 0 saturated carbocycles. The monoisotopic (exact) mass is 410 g/mol. The van der Waals surface area contributed by atoms with E-state index in [1.165, 1.54) is 0 Å². The SMILES string of the molecule is CCOC(Nc1ccccc1)(OCC)c1ccnc(C(=O)c2ccc(Cl)cc2)c1. The topological polar surface area (TPSA) is 60.4 Å². The third-order valence-electron chi connectivity index (χ3n) is 4.26. The average molecular weight is 411 g/mol. The molecule has 3 aromatic rings. The molecule has 0 atom stereocenters. The van der Waals surface area contributed by atoms with Gasteiger partial charge in [-0.1, -0.05) is 29.8 Å². The van der Waals surface area contributed by atoms with Gasteiger partial charge in [0, 0.05) is 41.2 Å². The minimum atomic E-state index is -1.25. The van der Waals surface area contributed by atoms with E-state index in [1.807, 2.05) is 44.2 Å². The lowest BCUT2D eigenvalue weighted by molar-refractivity contribution is -0.222. The van der Waals surface area contributed by atoms with Crippen LogP contribution in [0.1, 0.15) is 35.5 Å². The van der Waals surface area contributed by atoms with E-state index < -0.39 is 5.91 Å². The van der Waals surface area contributed by atoms with Crippen LogP contribution in [0.25, 0.3) is 0 Å². The summed E-state index contributed by atoms with van der Waals surface area (Å²) in [5.74, 6) is -1.45. The number of nitrogens with one attached hydrogen (secondary N) is 1. The van der Waals surface area contributed by atoms with Crippen LogP contribution < -0.4 is 5.32 Å². The van der Waals surface area contributed by atoms with Gasteiger partial charge in [0.1, 0.15) is 5.69 Å². The van der Waals surface area contributed by atoms with E-state index in [0.717, 1.165) is 5.69 Å². The third kappa shape index (κ3) is 5.01. The van der Waals surface area contributed by atoms with Gasteiger partial charge in [0.2, 0.25) is 5.78 Å². The van der Waals surface area contributed by atoms with Crippen molar-refractivity contribution in [3.63, 3.8) is 0 Å². The normalized spacial score (nSPS) is 11.3. The van der Waals surface area contributed by atoms with Crippen molar-refractivity contribution in [2.24, 2.45) is 0 Å². The second-order valence-corrected chi connectivity index (χ2v) is 6.68. The van der Waals surface area contributed by atoms with E-state index in [9.17, 15) is 4.79 Å². The molecule has 29 heavy (non-hydrogen) atoms. The Kier molecular flexibility index (Phi) is 6.99. The molecule has 0 aliphatic rings. The van der Waals surface area contributed by atoms with Crippen LogP contribution in [0.2, 0.25) is 5.02 Å². The third-order valence-corrected chi connectivity index (χ3v) is 4.51. The summed E-state index contributed by atoms with van der Waals surface area (Å²) in [4.78, 5) is 17.2. The van der Waals surface area contributed by atoms with E-state index in [2.05, 4.69) is 10.3 Å². The summed E-state index contributed by atoms with van der Waals surface area (Å²) >= 11 is 5.93. The molecule has 0 unspecified atom stereocenters. The summed E-state index contributed by atoms with van der Waals surface area (Å²) in [7, 11) is 0. The number of ether oxygens (including phenoxy) is 2. The molecule has 6 heteroatoms. The highest BCUT2D eigenvalue weighted by Crippen LogP contribution is 2.30. The fourth-order valence-corrected chi connectivity index (χ4v) is 3.11. The second kappa shape index (κ2) is 9.65. The number of hydrogen-bond acceptors (Lipinski definition) is 5. The molecule has 1 heterocycles. The smallest absolute Gasteiger partial charge is 0.277 e. The Bertz CT molecular complexity index is 940. The van der Waals surface area contributed by atoms with Crippen LogP contribution in [0.4, 0.5) is 5.69 Å². The van der Waals surface area contributed by atoms with E-state index in [0.29, 0.717) is 35.1 Å². The van der Waals surface area contributed by atoms with Crippen molar-refractivity contribution in [1.82, 2.24) is 4.98 Å². The van der Waals surface area contributed by atoms with Gasteiger partial charge in [-0.05, 0) is 62.4 Å². The van der Waals surface area contributed by atoms with Gasteiger partial charge in [-0.25, -0.2) is 0 Å². The van der Waals surface area contributed by atoms with Crippen LogP contribution in [-0.4, -0.2) is 24.0 Å². The summed E-state index contributed by atoms with van der Waals surface area (Å²) < 4.78 is 12.1. The van der Waals surface area contributed by atoms with Crippen molar-refractivity contribution in [3.8, 4) is 0 Å². The zero-order chi connectivity index (χ0) is 20.7. The minimum Gasteiger partial charge on any atom is -0.331 e. The number of aromatic nitrogens is 1. The number of pyridine rings is 1. The highest BCUT2D eigenvalue weighted by atomic mass is 35.5.